The molecule has 1 saturated heterocycles. The third kappa shape index (κ3) is 3.25. The molecule has 2 aromatic rings. The van der Waals surface area contributed by atoms with E-state index in [1.54, 1.807) is 8.61 Å². The molecular weight excluding hydrogens is 372 g/mol. The second kappa shape index (κ2) is 7.54. The Morgan fingerprint density at radius 1 is 1.14 bits per heavy atom. The van der Waals surface area contributed by atoms with Gasteiger partial charge in [0.25, 0.3) is 10.2 Å². The van der Waals surface area contributed by atoms with E-state index in [0.29, 0.717) is 26.2 Å². The number of hydrogen-bond donors (Lipinski definition) is 0. The van der Waals surface area contributed by atoms with Gasteiger partial charge < -0.3 is 0 Å². The lowest BCUT2D eigenvalue weighted by molar-refractivity contribution is 0.208. The molecule has 1 aliphatic heterocycles. The molecular formula is C21H28N4O2S. The van der Waals surface area contributed by atoms with Gasteiger partial charge in [-0.05, 0) is 31.2 Å². The molecule has 1 fully saturated rings. The molecule has 28 heavy (non-hydrogen) atoms. The molecule has 2 aliphatic rings. The van der Waals surface area contributed by atoms with Gasteiger partial charge in [-0.15, -0.1) is 0 Å². The van der Waals surface area contributed by atoms with Crippen molar-refractivity contribution in [3.63, 3.8) is 0 Å². The van der Waals surface area contributed by atoms with Crippen molar-refractivity contribution in [2.75, 3.05) is 26.2 Å². The molecule has 2 heterocycles. The van der Waals surface area contributed by atoms with E-state index in [9.17, 15) is 8.42 Å². The van der Waals surface area contributed by atoms with Crippen molar-refractivity contribution in [1.82, 2.24) is 18.6 Å². The molecule has 1 unspecified atom stereocenters. The maximum absolute atomic E-state index is 13.1. The Morgan fingerprint density at radius 3 is 2.61 bits per heavy atom. The summed E-state index contributed by atoms with van der Waals surface area (Å²) in [6.45, 7) is 5.89. The van der Waals surface area contributed by atoms with Gasteiger partial charge in [0, 0.05) is 43.4 Å². The molecule has 0 bridgehead atoms. The molecule has 4 rings (SSSR count). The number of nitrogens with zero attached hydrogens (tertiary/aromatic N) is 4. The van der Waals surface area contributed by atoms with Gasteiger partial charge >= 0.3 is 0 Å². The highest BCUT2D eigenvalue weighted by molar-refractivity contribution is 7.86. The molecule has 1 spiro atoms. The number of fused-ring (bicyclic) bond motifs is 2. The molecule has 0 saturated carbocycles. The van der Waals surface area contributed by atoms with Crippen LogP contribution in [-0.4, -0.2) is 53.2 Å². The minimum Gasteiger partial charge on any atom is -0.236 e. The number of rotatable bonds is 5. The van der Waals surface area contributed by atoms with E-state index in [1.165, 1.54) is 5.56 Å². The molecule has 150 valence electrons. The zero-order valence-corrected chi connectivity index (χ0v) is 17.5. The summed E-state index contributed by atoms with van der Waals surface area (Å²) in [7, 11) is -3.43. The highest BCUT2D eigenvalue weighted by Gasteiger charge is 2.46. The average molecular weight is 401 g/mol. The monoisotopic (exact) mass is 400 g/mol. The molecule has 6 nitrogen and oxygen atoms in total. The van der Waals surface area contributed by atoms with Crippen LogP contribution < -0.4 is 0 Å². The van der Waals surface area contributed by atoms with Gasteiger partial charge in [-0.3, -0.25) is 0 Å². The van der Waals surface area contributed by atoms with Gasteiger partial charge in [-0.2, -0.15) is 17.0 Å². The first kappa shape index (κ1) is 19.5. The Hall–Kier alpha value is -1.83. The van der Waals surface area contributed by atoms with Crippen LogP contribution in [0.4, 0.5) is 0 Å². The van der Waals surface area contributed by atoms with Crippen molar-refractivity contribution in [3.05, 3.63) is 47.8 Å². The van der Waals surface area contributed by atoms with E-state index in [-0.39, 0.29) is 5.41 Å². The van der Waals surface area contributed by atoms with E-state index >= 15 is 0 Å². The van der Waals surface area contributed by atoms with Crippen molar-refractivity contribution in [3.8, 4) is 11.4 Å². The van der Waals surface area contributed by atoms with Crippen LogP contribution in [0.3, 0.4) is 0 Å². The van der Waals surface area contributed by atoms with Gasteiger partial charge in [0.15, 0.2) is 5.82 Å². The Labute approximate surface area is 167 Å². The Bertz CT molecular complexity index is 940. The number of aromatic nitrogens is 2. The minimum absolute atomic E-state index is 0.194. The van der Waals surface area contributed by atoms with Crippen molar-refractivity contribution >= 4 is 10.2 Å². The number of piperidine rings is 1. The first-order chi connectivity index (χ1) is 13.5. The van der Waals surface area contributed by atoms with Gasteiger partial charge in [-0.25, -0.2) is 9.97 Å². The normalized spacial score (nSPS) is 22.7. The summed E-state index contributed by atoms with van der Waals surface area (Å²) in [4.78, 5) is 9.53. The van der Waals surface area contributed by atoms with E-state index < -0.39 is 10.2 Å². The fourth-order valence-corrected chi connectivity index (χ4v) is 6.41. The summed E-state index contributed by atoms with van der Waals surface area (Å²) in [6.07, 6.45) is 5.65. The van der Waals surface area contributed by atoms with Crippen LogP contribution in [-0.2, 0) is 22.0 Å². The summed E-state index contributed by atoms with van der Waals surface area (Å²) < 4.78 is 29.5. The number of benzene rings is 1. The maximum atomic E-state index is 13.1. The Morgan fingerprint density at radius 2 is 1.89 bits per heavy atom. The van der Waals surface area contributed by atoms with Crippen LogP contribution >= 0.6 is 0 Å². The first-order valence-corrected chi connectivity index (χ1v) is 11.6. The molecule has 0 amide bonds. The fraction of sp³-hybridized carbons (Fsp3) is 0.524. The quantitative estimate of drug-likeness (QED) is 0.774. The predicted molar refractivity (Wildman–Crippen MR) is 110 cm³/mol. The van der Waals surface area contributed by atoms with Crippen molar-refractivity contribution in [2.24, 2.45) is 0 Å². The van der Waals surface area contributed by atoms with Gasteiger partial charge in [0.05, 0.1) is 5.69 Å². The van der Waals surface area contributed by atoms with Crippen LogP contribution in [0.5, 0.6) is 0 Å². The third-order valence-corrected chi connectivity index (χ3v) is 8.30. The number of hydrogen-bond acceptors (Lipinski definition) is 4. The lowest BCUT2D eigenvalue weighted by atomic mass is 9.78. The first-order valence-electron chi connectivity index (χ1n) is 10.2. The lowest BCUT2D eigenvalue weighted by Gasteiger charge is -2.41. The van der Waals surface area contributed by atoms with Crippen LogP contribution in [0.15, 0.2) is 36.5 Å². The predicted octanol–water partition coefficient (Wildman–Crippen LogP) is 3.01. The standard InChI is InChI=1S/C21H28N4O2S/c1-3-24(4-2)28(26,27)25-14-8-12-21(16-25)13-11-18-15-22-20(23-19(18)21)17-9-6-5-7-10-17/h5-7,9-10,15H,3-4,8,11-14,16H2,1-2H3. The summed E-state index contributed by atoms with van der Waals surface area (Å²) in [5.41, 5.74) is 3.03. The average Bonchev–Trinajstić information content (AvgIpc) is 3.06. The van der Waals surface area contributed by atoms with Crippen molar-refractivity contribution in [1.29, 1.82) is 0 Å². The summed E-state index contributed by atoms with van der Waals surface area (Å²) in [6, 6.07) is 9.99. The zero-order chi connectivity index (χ0) is 19.8. The largest absolute Gasteiger partial charge is 0.281 e. The van der Waals surface area contributed by atoms with Crippen LogP contribution in [0, 0.1) is 0 Å². The number of aryl methyl sites for hydroxylation is 1. The second-order valence-corrected chi connectivity index (χ2v) is 9.67. The van der Waals surface area contributed by atoms with E-state index in [1.807, 2.05) is 50.4 Å². The molecule has 0 N–H and O–H groups in total. The van der Waals surface area contributed by atoms with Gasteiger partial charge in [0.1, 0.15) is 0 Å². The van der Waals surface area contributed by atoms with Crippen molar-refractivity contribution < 1.29 is 8.42 Å². The van der Waals surface area contributed by atoms with E-state index in [4.69, 9.17) is 4.98 Å². The fourth-order valence-electron chi connectivity index (χ4n) is 4.66. The van der Waals surface area contributed by atoms with Gasteiger partial charge in [0.2, 0.25) is 0 Å². The molecule has 0 radical (unpaired) electrons. The maximum Gasteiger partial charge on any atom is 0.281 e. The van der Waals surface area contributed by atoms with Crippen LogP contribution in [0.25, 0.3) is 11.4 Å². The van der Waals surface area contributed by atoms with Crippen molar-refractivity contribution in [2.45, 2.75) is 44.9 Å². The highest BCUT2D eigenvalue weighted by Crippen LogP contribution is 2.45. The minimum atomic E-state index is -3.43. The van der Waals surface area contributed by atoms with Gasteiger partial charge in [-0.1, -0.05) is 44.2 Å². The zero-order valence-electron chi connectivity index (χ0n) is 16.6. The Kier molecular flexibility index (Phi) is 5.24. The molecule has 1 aliphatic carbocycles. The SMILES string of the molecule is CCN(CC)S(=O)(=O)N1CCCC2(CCc3cnc(-c4ccccc4)nc32)C1. The lowest BCUT2D eigenvalue weighted by Crippen LogP contribution is -2.52. The Balaban J connectivity index is 1.69. The molecule has 1 aromatic heterocycles. The molecule has 1 atom stereocenters. The van der Waals surface area contributed by atoms with E-state index in [2.05, 4.69) is 4.98 Å². The summed E-state index contributed by atoms with van der Waals surface area (Å²) in [5.74, 6) is 0.726. The van der Waals surface area contributed by atoms with Crippen LogP contribution in [0.1, 0.15) is 44.4 Å². The smallest absolute Gasteiger partial charge is 0.236 e. The highest BCUT2D eigenvalue weighted by atomic mass is 32.2. The van der Waals surface area contributed by atoms with Crippen LogP contribution in [0.2, 0.25) is 0 Å². The summed E-state index contributed by atoms with van der Waals surface area (Å²) >= 11 is 0. The molecule has 7 heteroatoms. The van der Waals surface area contributed by atoms with E-state index in [0.717, 1.165) is 42.8 Å². The second-order valence-electron chi connectivity index (χ2n) is 7.74. The summed E-state index contributed by atoms with van der Waals surface area (Å²) in [5, 5.41) is 0. The third-order valence-electron chi connectivity index (χ3n) is 6.17. The topological polar surface area (TPSA) is 66.4 Å². The molecule has 1 aromatic carbocycles.